The highest BCUT2D eigenvalue weighted by molar-refractivity contribution is 7.91. The third-order valence-electron chi connectivity index (χ3n) is 3.07. The minimum atomic E-state index is -2.75. The number of aromatic amines is 1. The van der Waals surface area contributed by atoms with Gasteiger partial charge in [-0.05, 0) is 19.8 Å². The van der Waals surface area contributed by atoms with Crippen molar-refractivity contribution in [1.82, 2.24) is 15.5 Å². The maximum Gasteiger partial charge on any atom is 0.150 e. The minimum Gasteiger partial charge on any atom is -0.310 e. The van der Waals surface area contributed by atoms with E-state index >= 15 is 0 Å². The van der Waals surface area contributed by atoms with E-state index in [0.29, 0.717) is 17.5 Å². The van der Waals surface area contributed by atoms with Gasteiger partial charge in [0.1, 0.15) is 9.84 Å². The number of aryl methyl sites for hydroxylation is 1. The van der Waals surface area contributed by atoms with Crippen LogP contribution in [0.5, 0.6) is 0 Å². The summed E-state index contributed by atoms with van der Waals surface area (Å²) in [6.07, 6.45) is 3.25. The van der Waals surface area contributed by atoms with Gasteiger partial charge in [-0.25, -0.2) is 8.42 Å². The summed E-state index contributed by atoms with van der Waals surface area (Å²) in [4.78, 5) is 0. The zero-order valence-corrected chi connectivity index (χ0v) is 10.2. The molecule has 0 radical (unpaired) electrons. The van der Waals surface area contributed by atoms with E-state index in [1.165, 1.54) is 0 Å². The van der Waals surface area contributed by atoms with Gasteiger partial charge < -0.3 is 5.32 Å². The topological polar surface area (TPSA) is 74.8 Å². The van der Waals surface area contributed by atoms with Crippen molar-refractivity contribution in [2.45, 2.75) is 32.4 Å². The fraction of sp³-hybridized carbons (Fsp3) is 0.700. The average molecular weight is 243 g/mol. The Hall–Kier alpha value is -0.880. The molecule has 1 aromatic heterocycles. The Bertz CT molecular complexity index is 438. The largest absolute Gasteiger partial charge is 0.310 e. The second kappa shape index (κ2) is 4.55. The second-order valence-corrected chi connectivity index (χ2v) is 6.63. The van der Waals surface area contributed by atoms with Gasteiger partial charge in [0, 0.05) is 23.8 Å². The summed E-state index contributed by atoms with van der Waals surface area (Å²) in [5.74, 6) is 0.629. The molecule has 0 bridgehead atoms. The van der Waals surface area contributed by atoms with Crippen molar-refractivity contribution in [2.75, 3.05) is 11.5 Å². The van der Waals surface area contributed by atoms with E-state index in [-0.39, 0.29) is 0 Å². The molecule has 0 amide bonds. The summed E-state index contributed by atoms with van der Waals surface area (Å²) >= 11 is 0. The lowest BCUT2D eigenvalue weighted by atomic mass is 10.1. The van der Waals surface area contributed by atoms with Crippen LogP contribution in [0.2, 0.25) is 0 Å². The predicted octanol–water partition coefficient (Wildman–Crippen LogP) is 0.385. The molecular weight excluding hydrogens is 226 g/mol. The summed E-state index contributed by atoms with van der Waals surface area (Å²) in [6, 6.07) is 0.317. The molecule has 2 N–H and O–H groups in total. The van der Waals surface area contributed by atoms with E-state index in [4.69, 9.17) is 0 Å². The molecule has 0 aromatic carbocycles. The molecule has 1 aliphatic rings. The first-order valence-corrected chi connectivity index (χ1v) is 7.31. The molecule has 90 valence electrons. The molecule has 2 rings (SSSR count). The fourth-order valence-corrected chi connectivity index (χ4v) is 3.39. The number of H-pyrrole nitrogens is 1. The minimum absolute atomic E-state index is 0.315. The SMILES string of the molecule is Cc1[nH]ncc1CNC1CCS(=O)(=O)CC1. The van der Waals surface area contributed by atoms with Crippen LogP contribution >= 0.6 is 0 Å². The summed E-state index contributed by atoms with van der Waals surface area (Å²) in [6.45, 7) is 2.74. The summed E-state index contributed by atoms with van der Waals surface area (Å²) < 4.78 is 22.5. The number of hydrogen-bond acceptors (Lipinski definition) is 4. The van der Waals surface area contributed by atoms with Gasteiger partial charge in [-0.1, -0.05) is 0 Å². The van der Waals surface area contributed by atoms with E-state index in [1.807, 2.05) is 13.1 Å². The van der Waals surface area contributed by atoms with Crippen LogP contribution < -0.4 is 5.32 Å². The van der Waals surface area contributed by atoms with Gasteiger partial charge in [0.25, 0.3) is 0 Å². The molecule has 0 atom stereocenters. The highest BCUT2D eigenvalue weighted by atomic mass is 32.2. The number of aromatic nitrogens is 2. The monoisotopic (exact) mass is 243 g/mol. The number of sulfone groups is 1. The molecule has 0 aliphatic carbocycles. The number of rotatable bonds is 3. The molecule has 0 saturated carbocycles. The van der Waals surface area contributed by atoms with Crippen molar-refractivity contribution in [3.8, 4) is 0 Å². The van der Waals surface area contributed by atoms with Crippen molar-refractivity contribution >= 4 is 9.84 Å². The lowest BCUT2D eigenvalue weighted by molar-refractivity contribution is 0.462. The molecule has 1 fully saturated rings. The fourth-order valence-electron chi connectivity index (χ4n) is 1.90. The van der Waals surface area contributed by atoms with E-state index in [0.717, 1.165) is 30.6 Å². The Labute approximate surface area is 95.6 Å². The van der Waals surface area contributed by atoms with E-state index < -0.39 is 9.84 Å². The molecule has 0 spiro atoms. The Morgan fingerprint density at radius 3 is 2.75 bits per heavy atom. The third-order valence-corrected chi connectivity index (χ3v) is 4.79. The molecule has 5 nitrogen and oxygen atoms in total. The number of nitrogens with one attached hydrogen (secondary N) is 2. The zero-order chi connectivity index (χ0) is 11.6. The van der Waals surface area contributed by atoms with Crippen LogP contribution in [0.4, 0.5) is 0 Å². The van der Waals surface area contributed by atoms with Crippen molar-refractivity contribution in [3.05, 3.63) is 17.5 Å². The van der Waals surface area contributed by atoms with Crippen molar-refractivity contribution in [3.63, 3.8) is 0 Å². The van der Waals surface area contributed by atoms with Gasteiger partial charge >= 0.3 is 0 Å². The van der Waals surface area contributed by atoms with E-state index in [9.17, 15) is 8.42 Å². The van der Waals surface area contributed by atoms with Crippen molar-refractivity contribution in [2.24, 2.45) is 0 Å². The molecule has 0 unspecified atom stereocenters. The highest BCUT2D eigenvalue weighted by Gasteiger charge is 2.23. The third kappa shape index (κ3) is 2.82. The summed E-state index contributed by atoms with van der Waals surface area (Å²) in [5, 5.41) is 10.2. The van der Waals surface area contributed by atoms with Crippen LogP contribution in [0.1, 0.15) is 24.1 Å². The predicted molar refractivity (Wildman–Crippen MR) is 61.8 cm³/mol. The van der Waals surface area contributed by atoms with Crippen LogP contribution in [0.25, 0.3) is 0 Å². The van der Waals surface area contributed by atoms with E-state index in [2.05, 4.69) is 15.5 Å². The van der Waals surface area contributed by atoms with Gasteiger partial charge in [-0.3, -0.25) is 5.10 Å². The smallest absolute Gasteiger partial charge is 0.150 e. The normalized spacial score (nSPS) is 21.1. The van der Waals surface area contributed by atoms with Crippen LogP contribution in [0.15, 0.2) is 6.20 Å². The van der Waals surface area contributed by atoms with Crippen molar-refractivity contribution < 1.29 is 8.42 Å². The zero-order valence-electron chi connectivity index (χ0n) is 9.36. The maximum absolute atomic E-state index is 11.2. The van der Waals surface area contributed by atoms with Crippen LogP contribution in [0.3, 0.4) is 0 Å². The molecule has 1 aliphatic heterocycles. The molecule has 1 saturated heterocycles. The standard InChI is InChI=1S/C10H17N3O2S/c1-8-9(7-12-13-8)6-11-10-2-4-16(14,15)5-3-10/h7,10-11H,2-6H2,1H3,(H,12,13). The van der Waals surface area contributed by atoms with Gasteiger partial charge in [0.15, 0.2) is 0 Å². The summed E-state index contributed by atoms with van der Waals surface area (Å²) in [7, 11) is -2.75. The van der Waals surface area contributed by atoms with Gasteiger partial charge in [0.05, 0.1) is 17.7 Å². The van der Waals surface area contributed by atoms with Crippen LogP contribution in [-0.2, 0) is 16.4 Å². The first-order chi connectivity index (χ1) is 7.57. The van der Waals surface area contributed by atoms with Gasteiger partial charge in [-0.2, -0.15) is 5.10 Å². The first-order valence-electron chi connectivity index (χ1n) is 5.49. The number of nitrogens with zero attached hydrogens (tertiary/aromatic N) is 1. The highest BCUT2D eigenvalue weighted by Crippen LogP contribution is 2.13. The van der Waals surface area contributed by atoms with Crippen LogP contribution in [-0.4, -0.2) is 36.2 Å². The van der Waals surface area contributed by atoms with Gasteiger partial charge in [-0.15, -0.1) is 0 Å². The first kappa shape index (κ1) is 11.6. The maximum atomic E-state index is 11.2. The molecule has 1 aromatic rings. The quantitative estimate of drug-likeness (QED) is 0.805. The summed E-state index contributed by atoms with van der Waals surface area (Å²) in [5.41, 5.74) is 2.21. The van der Waals surface area contributed by atoms with Crippen molar-refractivity contribution in [1.29, 1.82) is 0 Å². The van der Waals surface area contributed by atoms with Crippen LogP contribution in [0, 0.1) is 6.92 Å². The molecule has 6 heteroatoms. The van der Waals surface area contributed by atoms with E-state index in [1.54, 1.807) is 0 Å². The Morgan fingerprint density at radius 2 is 2.19 bits per heavy atom. The average Bonchev–Trinajstić information content (AvgIpc) is 2.63. The Balaban J connectivity index is 1.82. The Morgan fingerprint density at radius 1 is 1.50 bits per heavy atom. The van der Waals surface area contributed by atoms with Gasteiger partial charge in [0.2, 0.25) is 0 Å². The Kier molecular flexibility index (Phi) is 3.30. The lowest BCUT2D eigenvalue weighted by Gasteiger charge is -2.22. The number of hydrogen-bond donors (Lipinski definition) is 2. The molecule has 16 heavy (non-hydrogen) atoms. The molecule has 2 heterocycles. The lowest BCUT2D eigenvalue weighted by Crippen LogP contribution is -2.37. The second-order valence-electron chi connectivity index (χ2n) is 4.33. The molecular formula is C10H17N3O2S.